The van der Waals surface area contributed by atoms with E-state index in [1.165, 1.54) is 0 Å². The van der Waals surface area contributed by atoms with Gasteiger partial charge in [0, 0.05) is 35.8 Å². The Labute approximate surface area is 168 Å². The third-order valence-corrected chi connectivity index (χ3v) is 5.44. The summed E-state index contributed by atoms with van der Waals surface area (Å²) < 4.78 is 5.65. The van der Waals surface area contributed by atoms with Crippen LogP contribution < -0.4 is 4.90 Å². The van der Waals surface area contributed by atoms with Crippen LogP contribution in [0, 0.1) is 13.8 Å². The second kappa shape index (κ2) is 6.97. The summed E-state index contributed by atoms with van der Waals surface area (Å²) in [4.78, 5) is 11.2. The number of aromatic amines is 2. The summed E-state index contributed by atoms with van der Waals surface area (Å²) in [6.45, 7) is 8.48. The number of aromatic nitrogens is 6. The summed E-state index contributed by atoms with van der Waals surface area (Å²) in [5.74, 6) is 0.902. The van der Waals surface area contributed by atoms with E-state index in [4.69, 9.17) is 4.74 Å². The van der Waals surface area contributed by atoms with Crippen molar-refractivity contribution in [3.05, 3.63) is 42.0 Å². The number of hydrogen-bond donors (Lipinski definition) is 2. The molecule has 0 aliphatic carbocycles. The van der Waals surface area contributed by atoms with Gasteiger partial charge in [-0.1, -0.05) is 6.07 Å². The van der Waals surface area contributed by atoms with Crippen molar-refractivity contribution < 1.29 is 4.74 Å². The van der Waals surface area contributed by atoms with E-state index < -0.39 is 0 Å². The van der Waals surface area contributed by atoms with Gasteiger partial charge in [0.05, 0.1) is 29.6 Å². The Morgan fingerprint density at radius 1 is 1.10 bits per heavy atom. The van der Waals surface area contributed by atoms with Gasteiger partial charge in [-0.3, -0.25) is 10.2 Å². The molecule has 148 valence electrons. The monoisotopic (exact) mass is 389 g/mol. The smallest absolute Gasteiger partial charge is 0.132 e. The first-order valence-electron chi connectivity index (χ1n) is 9.79. The van der Waals surface area contributed by atoms with Crippen LogP contribution in [0.3, 0.4) is 0 Å². The highest BCUT2D eigenvalue weighted by Gasteiger charge is 2.20. The fourth-order valence-electron chi connectivity index (χ4n) is 4.02. The minimum Gasteiger partial charge on any atom is -0.375 e. The number of hydrogen-bond acceptors (Lipinski definition) is 6. The molecule has 8 nitrogen and oxygen atoms in total. The molecule has 1 saturated heterocycles. The van der Waals surface area contributed by atoms with Gasteiger partial charge in [-0.05, 0) is 38.5 Å². The van der Waals surface area contributed by atoms with E-state index in [1.54, 1.807) is 6.33 Å². The number of rotatable bonds is 3. The first-order valence-corrected chi connectivity index (χ1v) is 9.79. The Morgan fingerprint density at radius 3 is 2.79 bits per heavy atom. The highest BCUT2D eigenvalue weighted by atomic mass is 16.5. The van der Waals surface area contributed by atoms with Crippen molar-refractivity contribution in [1.82, 2.24) is 30.4 Å². The number of anilines is 1. The van der Waals surface area contributed by atoms with Crippen molar-refractivity contribution in [3.63, 3.8) is 0 Å². The van der Waals surface area contributed by atoms with E-state index in [2.05, 4.69) is 60.4 Å². The molecule has 4 aromatic rings. The zero-order valence-corrected chi connectivity index (χ0v) is 16.7. The molecule has 29 heavy (non-hydrogen) atoms. The van der Waals surface area contributed by atoms with E-state index in [-0.39, 0.29) is 6.10 Å². The van der Waals surface area contributed by atoms with Crippen molar-refractivity contribution in [3.8, 4) is 22.5 Å². The molecule has 0 spiro atoms. The van der Waals surface area contributed by atoms with Crippen molar-refractivity contribution in [2.24, 2.45) is 0 Å². The largest absolute Gasteiger partial charge is 0.375 e. The van der Waals surface area contributed by atoms with Crippen LogP contribution in [-0.2, 0) is 4.74 Å². The molecule has 5 rings (SSSR count). The molecule has 8 heteroatoms. The third-order valence-electron chi connectivity index (χ3n) is 5.44. The molecule has 1 aliphatic rings. The van der Waals surface area contributed by atoms with E-state index in [0.717, 1.165) is 63.7 Å². The Balaban J connectivity index is 1.57. The predicted molar refractivity (Wildman–Crippen MR) is 112 cm³/mol. The first kappa shape index (κ1) is 17.8. The number of H-pyrrole nitrogens is 2. The molecule has 1 aromatic carbocycles. The highest BCUT2D eigenvalue weighted by molar-refractivity contribution is 5.95. The van der Waals surface area contributed by atoms with Gasteiger partial charge in [0.15, 0.2) is 0 Å². The second-order valence-corrected chi connectivity index (χ2v) is 7.53. The number of morpholine rings is 1. The summed E-state index contributed by atoms with van der Waals surface area (Å²) in [5.41, 5.74) is 6.88. The fourth-order valence-corrected chi connectivity index (χ4v) is 4.02. The summed E-state index contributed by atoms with van der Waals surface area (Å²) in [7, 11) is 0. The Hall–Kier alpha value is -3.26. The number of ether oxygens (including phenoxy) is 1. The first-order chi connectivity index (χ1) is 14.1. The molecule has 0 saturated carbocycles. The Morgan fingerprint density at radius 2 is 2.00 bits per heavy atom. The fraction of sp³-hybridized carbons (Fsp3) is 0.333. The lowest BCUT2D eigenvalue weighted by Crippen LogP contribution is -2.41. The van der Waals surface area contributed by atoms with Gasteiger partial charge in [-0.25, -0.2) is 9.97 Å². The van der Waals surface area contributed by atoms with Gasteiger partial charge >= 0.3 is 0 Å². The topological polar surface area (TPSA) is 95.6 Å². The SMILES string of the molecule is Cc1n[nH]c(C)c1-c1ccc2[nH]nc(-c3cc(N4CCOC(C)C4)ncn3)c2c1. The van der Waals surface area contributed by atoms with Gasteiger partial charge in [0.1, 0.15) is 17.8 Å². The van der Waals surface area contributed by atoms with E-state index >= 15 is 0 Å². The second-order valence-electron chi connectivity index (χ2n) is 7.53. The Bertz CT molecular complexity index is 1160. The van der Waals surface area contributed by atoms with Crippen LogP contribution >= 0.6 is 0 Å². The number of nitrogens with zero attached hydrogens (tertiary/aromatic N) is 5. The minimum atomic E-state index is 0.192. The van der Waals surface area contributed by atoms with Gasteiger partial charge in [-0.2, -0.15) is 10.2 Å². The molecule has 4 heterocycles. The normalized spacial score (nSPS) is 17.2. The average Bonchev–Trinajstić information content (AvgIpc) is 3.30. The molecule has 1 aliphatic heterocycles. The maximum atomic E-state index is 5.65. The molecule has 0 bridgehead atoms. The quantitative estimate of drug-likeness (QED) is 0.558. The van der Waals surface area contributed by atoms with Crippen LogP contribution in [0.15, 0.2) is 30.6 Å². The van der Waals surface area contributed by atoms with Crippen LogP contribution in [0.25, 0.3) is 33.4 Å². The lowest BCUT2D eigenvalue weighted by Gasteiger charge is -2.31. The van der Waals surface area contributed by atoms with Crippen molar-refractivity contribution in [2.75, 3.05) is 24.6 Å². The van der Waals surface area contributed by atoms with E-state index in [0.29, 0.717) is 6.61 Å². The number of nitrogens with one attached hydrogen (secondary N) is 2. The molecule has 0 amide bonds. The highest BCUT2D eigenvalue weighted by Crippen LogP contribution is 2.32. The molecule has 3 aromatic heterocycles. The lowest BCUT2D eigenvalue weighted by atomic mass is 10.0. The molecular formula is C21H23N7O. The predicted octanol–water partition coefficient (Wildman–Crippen LogP) is 3.25. The molecule has 1 atom stereocenters. The number of benzene rings is 1. The number of fused-ring (bicyclic) bond motifs is 1. The zero-order valence-electron chi connectivity index (χ0n) is 16.7. The van der Waals surface area contributed by atoms with E-state index in [9.17, 15) is 0 Å². The van der Waals surface area contributed by atoms with Gasteiger partial charge in [0.25, 0.3) is 0 Å². The molecule has 1 unspecified atom stereocenters. The maximum Gasteiger partial charge on any atom is 0.132 e. The standard InChI is InChI=1S/C21H23N7O/c1-12-10-28(6-7-29-12)19-9-18(22-11-23-19)21-16-8-15(4-5-17(16)26-27-21)20-13(2)24-25-14(20)3/h4-5,8-9,11-12H,6-7,10H2,1-3H3,(H,24,25)(H,26,27). The van der Waals surface area contributed by atoms with Crippen LogP contribution in [-0.4, -0.2) is 56.2 Å². The van der Waals surface area contributed by atoms with Gasteiger partial charge < -0.3 is 9.64 Å². The van der Waals surface area contributed by atoms with Crippen LogP contribution in [0.2, 0.25) is 0 Å². The average molecular weight is 389 g/mol. The zero-order chi connectivity index (χ0) is 20.0. The summed E-state index contributed by atoms with van der Waals surface area (Å²) in [6, 6.07) is 8.31. The molecule has 1 fully saturated rings. The maximum absolute atomic E-state index is 5.65. The van der Waals surface area contributed by atoms with E-state index in [1.807, 2.05) is 19.9 Å². The van der Waals surface area contributed by atoms with Crippen LogP contribution in [0.4, 0.5) is 5.82 Å². The molecular weight excluding hydrogens is 366 g/mol. The van der Waals surface area contributed by atoms with Gasteiger partial charge in [-0.15, -0.1) is 0 Å². The summed E-state index contributed by atoms with van der Waals surface area (Å²) >= 11 is 0. The minimum absolute atomic E-state index is 0.192. The Kier molecular flexibility index (Phi) is 4.28. The summed E-state index contributed by atoms with van der Waals surface area (Å²) in [5, 5.41) is 16.1. The van der Waals surface area contributed by atoms with Crippen molar-refractivity contribution in [2.45, 2.75) is 26.9 Å². The van der Waals surface area contributed by atoms with Crippen molar-refractivity contribution in [1.29, 1.82) is 0 Å². The van der Waals surface area contributed by atoms with Crippen molar-refractivity contribution >= 4 is 16.7 Å². The molecule has 2 N–H and O–H groups in total. The van der Waals surface area contributed by atoms with Crippen LogP contribution in [0.5, 0.6) is 0 Å². The van der Waals surface area contributed by atoms with Gasteiger partial charge in [0.2, 0.25) is 0 Å². The molecule has 0 radical (unpaired) electrons. The van der Waals surface area contributed by atoms with Crippen LogP contribution in [0.1, 0.15) is 18.3 Å². The third kappa shape index (κ3) is 3.15. The summed E-state index contributed by atoms with van der Waals surface area (Å²) in [6.07, 6.45) is 1.80. The lowest BCUT2D eigenvalue weighted by molar-refractivity contribution is 0.0529. The number of aryl methyl sites for hydroxylation is 2.